The van der Waals surface area contributed by atoms with Crippen LogP contribution in [0.5, 0.6) is 0 Å². The van der Waals surface area contributed by atoms with E-state index in [0.29, 0.717) is 19.5 Å². The van der Waals surface area contributed by atoms with Crippen LogP contribution in [0.4, 0.5) is 5.13 Å². The molecule has 2 rings (SSSR count). The van der Waals surface area contributed by atoms with Crippen molar-refractivity contribution in [3.8, 4) is 10.4 Å². The van der Waals surface area contributed by atoms with Gasteiger partial charge in [-0.15, -0.1) is 0 Å². The van der Waals surface area contributed by atoms with Gasteiger partial charge in [0, 0.05) is 19.3 Å². The Hall–Kier alpha value is -1.44. The summed E-state index contributed by atoms with van der Waals surface area (Å²) >= 11 is 1.59. The molecule has 0 spiro atoms. The molecule has 0 amide bonds. The molecule has 0 fully saturated rings. The van der Waals surface area contributed by atoms with E-state index in [1.807, 2.05) is 36.5 Å². The van der Waals surface area contributed by atoms with E-state index >= 15 is 0 Å². The molecule has 0 aliphatic rings. The highest BCUT2D eigenvalue weighted by molar-refractivity contribution is 7.88. The smallest absolute Gasteiger partial charge is 0.208 e. The largest absolute Gasteiger partial charge is 0.361 e. The summed E-state index contributed by atoms with van der Waals surface area (Å²) in [4.78, 5) is 5.42. The van der Waals surface area contributed by atoms with Crippen molar-refractivity contribution in [2.75, 3.05) is 24.7 Å². The Morgan fingerprint density at radius 2 is 1.95 bits per heavy atom. The van der Waals surface area contributed by atoms with Gasteiger partial charge in [-0.3, -0.25) is 0 Å². The zero-order valence-corrected chi connectivity index (χ0v) is 12.8. The van der Waals surface area contributed by atoms with Gasteiger partial charge in [0.1, 0.15) is 0 Å². The summed E-state index contributed by atoms with van der Waals surface area (Å²) in [5, 5.41) is 4.04. The number of hydrogen-bond acceptors (Lipinski definition) is 5. The van der Waals surface area contributed by atoms with Crippen LogP contribution in [0.25, 0.3) is 10.4 Å². The number of thiazole rings is 1. The molecule has 0 saturated heterocycles. The Balaban J connectivity index is 1.79. The monoisotopic (exact) mass is 311 g/mol. The van der Waals surface area contributed by atoms with Crippen LogP contribution >= 0.6 is 11.3 Å². The number of anilines is 1. The fourth-order valence-electron chi connectivity index (χ4n) is 1.63. The Bertz CT molecular complexity index is 639. The molecule has 108 valence electrons. The molecular formula is C13H17N3O2S2. The van der Waals surface area contributed by atoms with Crippen LogP contribution in [0.15, 0.2) is 36.5 Å². The van der Waals surface area contributed by atoms with Crippen molar-refractivity contribution in [1.29, 1.82) is 0 Å². The average molecular weight is 311 g/mol. The van der Waals surface area contributed by atoms with E-state index in [0.717, 1.165) is 21.8 Å². The lowest BCUT2D eigenvalue weighted by molar-refractivity contribution is 0.586. The molecule has 20 heavy (non-hydrogen) atoms. The molecule has 0 bridgehead atoms. The van der Waals surface area contributed by atoms with Gasteiger partial charge in [-0.2, -0.15) is 0 Å². The molecule has 0 aliphatic carbocycles. The molecule has 0 aliphatic heterocycles. The predicted octanol–water partition coefficient (Wildman–Crippen LogP) is 2.16. The van der Waals surface area contributed by atoms with Crippen molar-refractivity contribution in [2.45, 2.75) is 6.42 Å². The maximum atomic E-state index is 10.9. The standard InChI is InChI=1S/C13H17N3O2S2/c1-20(17,18)16-9-5-8-14-13-15-10-12(19-13)11-6-3-2-4-7-11/h2-4,6-7,10,16H,5,8-9H2,1H3,(H,14,15). The van der Waals surface area contributed by atoms with E-state index in [1.54, 1.807) is 11.3 Å². The number of benzene rings is 1. The number of rotatable bonds is 7. The second-order valence-electron chi connectivity index (χ2n) is 4.34. The van der Waals surface area contributed by atoms with Crippen LogP contribution < -0.4 is 10.0 Å². The first-order valence-corrected chi connectivity index (χ1v) is 8.95. The summed E-state index contributed by atoms with van der Waals surface area (Å²) in [5.41, 5.74) is 1.15. The van der Waals surface area contributed by atoms with E-state index in [-0.39, 0.29) is 0 Å². The zero-order valence-electron chi connectivity index (χ0n) is 11.2. The molecule has 0 unspecified atom stereocenters. The fraction of sp³-hybridized carbons (Fsp3) is 0.308. The summed E-state index contributed by atoms with van der Waals surface area (Å²) in [5.74, 6) is 0. The van der Waals surface area contributed by atoms with Gasteiger partial charge in [0.15, 0.2) is 5.13 Å². The van der Waals surface area contributed by atoms with Crippen LogP contribution in [0.2, 0.25) is 0 Å². The summed E-state index contributed by atoms with van der Waals surface area (Å²) in [6.07, 6.45) is 3.72. The van der Waals surface area contributed by atoms with Crippen LogP contribution in [0.3, 0.4) is 0 Å². The highest BCUT2D eigenvalue weighted by Gasteiger charge is 2.03. The summed E-state index contributed by atoms with van der Waals surface area (Å²) in [7, 11) is -3.09. The predicted molar refractivity (Wildman–Crippen MR) is 83.5 cm³/mol. The normalized spacial score (nSPS) is 11.4. The highest BCUT2D eigenvalue weighted by atomic mass is 32.2. The molecule has 2 N–H and O–H groups in total. The summed E-state index contributed by atoms with van der Waals surface area (Å²) in [6.45, 7) is 1.12. The minimum Gasteiger partial charge on any atom is -0.361 e. The third kappa shape index (κ3) is 4.92. The van der Waals surface area contributed by atoms with Gasteiger partial charge in [0.25, 0.3) is 0 Å². The number of aromatic nitrogens is 1. The van der Waals surface area contributed by atoms with Crippen molar-refractivity contribution >= 4 is 26.5 Å². The first-order valence-electron chi connectivity index (χ1n) is 6.24. The molecule has 0 atom stereocenters. The number of nitrogens with one attached hydrogen (secondary N) is 2. The zero-order chi connectivity index (χ0) is 14.4. The second-order valence-corrected chi connectivity index (χ2v) is 7.21. The quantitative estimate of drug-likeness (QED) is 0.769. The summed E-state index contributed by atoms with van der Waals surface area (Å²) in [6, 6.07) is 10.1. The molecule has 7 heteroatoms. The van der Waals surface area contributed by atoms with Crippen molar-refractivity contribution in [2.24, 2.45) is 0 Å². The number of sulfonamides is 1. The van der Waals surface area contributed by atoms with Gasteiger partial charge in [-0.05, 0) is 12.0 Å². The maximum absolute atomic E-state index is 10.9. The Morgan fingerprint density at radius 3 is 2.65 bits per heavy atom. The molecule has 1 heterocycles. The van der Waals surface area contributed by atoms with Crippen molar-refractivity contribution in [3.63, 3.8) is 0 Å². The molecule has 5 nitrogen and oxygen atoms in total. The highest BCUT2D eigenvalue weighted by Crippen LogP contribution is 2.28. The van der Waals surface area contributed by atoms with E-state index in [4.69, 9.17) is 0 Å². The second kappa shape index (κ2) is 6.83. The van der Waals surface area contributed by atoms with Gasteiger partial charge in [-0.1, -0.05) is 41.7 Å². The van der Waals surface area contributed by atoms with E-state index in [1.165, 1.54) is 0 Å². The fourth-order valence-corrected chi connectivity index (χ4v) is 3.00. The average Bonchev–Trinajstić information content (AvgIpc) is 2.87. The lowest BCUT2D eigenvalue weighted by Gasteiger charge is -2.03. The Labute approximate surface area is 123 Å². The first kappa shape index (κ1) is 15.0. The number of hydrogen-bond donors (Lipinski definition) is 2. The van der Waals surface area contributed by atoms with Crippen LogP contribution in [0, 0.1) is 0 Å². The third-order valence-corrected chi connectivity index (χ3v) is 4.29. The molecule has 1 aromatic carbocycles. The molecule has 0 radical (unpaired) electrons. The molecule has 2 aromatic rings. The van der Waals surface area contributed by atoms with E-state index in [2.05, 4.69) is 15.0 Å². The van der Waals surface area contributed by atoms with E-state index < -0.39 is 10.0 Å². The molecular weight excluding hydrogens is 294 g/mol. The van der Waals surface area contributed by atoms with Gasteiger partial charge in [-0.25, -0.2) is 18.1 Å². The third-order valence-electron chi connectivity index (χ3n) is 2.56. The van der Waals surface area contributed by atoms with Gasteiger partial charge >= 0.3 is 0 Å². The van der Waals surface area contributed by atoms with Crippen LogP contribution in [0.1, 0.15) is 6.42 Å². The lowest BCUT2D eigenvalue weighted by atomic mass is 10.2. The van der Waals surface area contributed by atoms with Crippen molar-refractivity contribution in [1.82, 2.24) is 9.71 Å². The Morgan fingerprint density at radius 1 is 1.20 bits per heavy atom. The van der Waals surface area contributed by atoms with Crippen LogP contribution in [-0.2, 0) is 10.0 Å². The number of nitrogens with zero attached hydrogens (tertiary/aromatic N) is 1. The van der Waals surface area contributed by atoms with E-state index in [9.17, 15) is 8.42 Å². The minimum atomic E-state index is -3.09. The van der Waals surface area contributed by atoms with Gasteiger partial charge < -0.3 is 5.32 Å². The van der Waals surface area contributed by atoms with Crippen molar-refractivity contribution < 1.29 is 8.42 Å². The van der Waals surface area contributed by atoms with Gasteiger partial charge in [0.05, 0.1) is 11.1 Å². The molecule has 1 aromatic heterocycles. The molecule has 0 saturated carbocycles. The summed E-state index contributed by atoms with van der Waals surface area (Å²) < 4.78 is 24.2. The van der Waals surface area contributed by atoms with Gasteiger partial charge in [0.2, 0.25) is 10.0 Å². The minimum absolute atomic E-state index is 0.433. The maximum Gasteiger partial charge on any atom is 0.208 e. The SMILES string of the molecule is CS(=O)(=O)NCCCNc1ncc(-c2ccccc2)s1. The van der Waals surface area contributed by atoms with Crippen molar-refractivity contribution in [3.05, 3.63) is 36.5 Å². The lowest BCUT2D eigenvalue weighted by Crippen LogP contribution is -2.24. The topological polar surface area (TPSA) is 71.1 Å². The Kier molecular flexibility index (Phi) is 5.11. The van der Waals surface area contributed by atoms with Crippen LogP contribution in [-0.4, -0.2) is 32.7 Å². The first-order chi connectivity index (χ1) is 9.54.